The molecular weight excluding hydrogens is 324 g/mol. The third-order valence-electron chi connectivity index (χ3n) is 5.24. The number of thiophene rings is 1. The standard InChI is InChI=1S/C22H30N2S/c1-17-13-19-10-12-24(16-20(19)14-18(17)2)11-6-4-5-7-21-8-9-22(25-21)15-23-3/h8-9,13-15H,4-7,10-12,16H2,1-3H3/b23-15+. The maximum atomic E-state index is 4.09. The van der Waals surface area contributed by atoms with E-state index >= 15 is 0 Å². The number of benzene rings is 1. The molecule has 0 atom stereocenters. The fourth-order valence-electron chi connectivity index (χ4n) is 3.64. The first-order valence-corrected chi connectivity index (χ1v) is 10.3. The molecule has 0 bridgehead atoms. The molecule has 0 saturated heterocycles. The summed E-state index contributed by atoms with van der Waals surface area (Å²) in [5.41, 5.74) is 6.00. The average molecular weight is 355 g/mol. The van der Waals surface area contributed by atoms with Crippen LogP contribution in [0.5, 0.6) is 0 Å². The molecule has 1 aliphatic rings. The SMILES string of the molecule is C/N=C/c1ccc(CCCCCN2CCc3cc(C)c(C)cc3C2)s1. The van der Waals surface area contributed by atoms with E-state index in [-0.39, 0.29) is 0 Å². The minimum Gasteiger partial charge on any atom is -0.299 e. The lowest BCUT2D eigenvalue weighted by Gasteiger charge is -2.29. The van der Waals surface area contributed by atoms with E-state index in [9.17, 15) is 0 Å². The van der Waals surface area contributed by atoms with E-state index in [0.29, 0.717) is 0 Å². The van der Waals surface area contributed by atoms with Crippen LogP contribution < -0.4 is 0 Å². The van der Waals surface area contributed by atoms with Crippen molar-refractivity contribution < 1.29 is 0 Å². The third-order valence-corrected chi connectivity index (χ3v) is 6.32. The summed E-state index contributed by atoms with van der Waals surface area (Å²) in [6.07, 6.45) is 8.31. The predicted molar refractivity (Wildman–Crippen MR) is 110 cm³/mol. The van der Waals surface area contributed by atoms with Crippen molar-refractivity contribution in [3.63, 3.8) is 0 Å². The summed E-state index contributed by atoms with van der Waals surface area (Å²) in [5, 5.41) is 0. The zero-order valence-electron chi connectivity index (χ0n) is 15.8. The fraction of sp³-hybridized carbons (Fsp3) is 0.500. The van der Waals surface area contributed by atoms with Crippen molar-refractivity contribution in [2.45, 2.75) is 52.5 Å². The van der Waals surface area contributed by atoms with Gasteiger partial charge in [0, 0.05) is 36.1 Å². The highest BCUT2D eigenvalue weighted by molar-refractivity contribution is 7.13. The minimum atomic E-state index is 1.14. The van der Waals surface area contributed by atoms with E-state index in [1.54, 1.807) is 11.1 Å². The van der Waals surface area contributed by atoms with Crippen LogP contribution in [-0.4, -0.2) is 31.3 Å². The van der Waals surface area contributed by atoms with Crippen LogP contribution in [0.3, 0.4) is 0 Å². The number of fused-ring (bicyclic) bond motifs is 1. The van der Waals surface area contributed by atoms with Gasteiger partial charge in [-0.15, -0.1) is 11.3 Å². The Morgan fingerprint density at radius 1 is 1.08 bits per heavy atom. The van der Waals surface area contributed by atoms with E-state index in [1.807, 2.05) is 24.6 Å². The van der Waals surface area contributed by atoms with Crippen LogP contribution in [0.2, 0.25) is 0 Å². The van der Waals surface area contributed by atoms with Gasteiger partial charge in [0.1, 0.15) is 0 Å². The first kappa shape index (κ1) is 18.3. The molecular formula is C22H30N2S. The molecule has 25 heavy (non-hydrogen) atoms. The Balaban J connectivity index is 1.38. The Hall–Kier alpha value is -1.45. The predicted octanol–water partition coefficient (Wildman–Crippen LogP) is 5.18. The van der Waals surface area contributed by atoms with Gasteiger partial charge in [-0.05, 0) is 80.5 Å². The molecule has 2 nitrogen and oxygen atoms in total. The van der Waals surface area contributed by atoms with Crippen molar-refractivity contribution in [2.24, 2.45) is 4.99 Å². The molecule has 1 aliphatic heterocycles. The van der Waals surface area contributed by atoms with Crippen LogP contribution >= 0.6 is 11.3 Å². The molecule has 0 spiro atoms. The Kier molecular flexibility index (Phi) is 6.44. The average Bonchev–Trinajstić information content (AvgIpc) is 3.04. The van der Waals surface area contributed by atoms with Crippen molar-refractivity contribution in [2.75, 3.05) is 20.1 Å². The van der Waals surface area contributed by atoms with E-state index in [4.69, 9.17) is 0 Å². The number of unbranched alkanes of at least 4 members (excludes halogenated alkanes) is 2. The third kappa shape index (κ3) is 5.02. The molecule has 0 fully saturated rings. The molecule has 0 radical (unpaired) electrons. The number of aryl methyl sites for hydroxylation is 3. The lowest BCUT2D eigenvalue weighted by Crippen LogP contribution is -2.31. The quantitative estimate of drug-likeness (QED) is 0.494. The Bertz CT molecular complexity index is 730. The summed E-state index contributed by atoms with van der Waals surface area (Å²) < 4.78 is 0. The minimum absolute atomic E-state index is 1.14. The fourth-order valence-corrected chi connectivity index (χ4v) is 4.62. The van der Waals surface area contributed by atoms with Gasteiger partial charge in [-0.3, -0.25) is 9.89 Å². The van der Waals surface area contributed by atoms with Crippen LogP contribution in [0.4, 0.5) is 0 Å². The summed E-state index contributed by atoms with van der Waals surface area (Å²) in [5.74, 6) is 0. The van der Waals surface area contributed by atoms with Gasteiger partial charge in [-0.25, -0.2) is 0 Å². The highest BCUT2D eigenvalue weighted by Crippen LogP contribution is 2.23. The van der Waals surface area contributed by atoms with Gasteiger partial charge in [-0.1, -0.05) is 18.6 Å². The molecule has 0 amide bonds. The molecule has 3 heteroatoms. The van der Waals surface area contributed by atoms with E-state index < -0.39 is 0 Å². The molecule has 3 rings (SSSR count). The zero-order chi connectivity index (χ0) is 17.6. The Morgan fingerprint density at radius 3 is 2.68 bits per heavy atom. The van der Waals surface area contributed by atoms with E-state index in [0.717, 1.165) is 6.54 Å². The number of nitrogens with zero attached hydrogens (tertiary/aromatic N) is 2. The molecule has 0 unspecified atom stereocenters. The maximum Gasteiger partial charge on any atom is 0.0451 e. The first-order chi connectivity index (χ1) is 12.2. The Labute approximate surface area is 156 Å². The molecule has 1 aromatic heterocycles. The van der Waals surface area contributed by atoms with Crippen molar-refractivity contribution in [1.82, 2.24) is 4.90 Å². The molecule has 134 valence electrons. The summed E-state index contributed by atoms with van der Waals surface area (Å²) in [4.78, 5) is 9.49. The smallest absolute Gasteiger partial charge is 0.0451 e. The summed E-state index contributed by atoms with van der Waals surface area (Å²) >= 11 is 1.88. The van der Waals surface area contributed by atoms with Gasteiger partial charge in [0.15, 0.2) is 0 Å². The molecule has 0 N–H and O–H groups in total. The van der Waals surface area contributed by atoms with Crippen LogP contribution in [0.25, 0.3) is 0 Å². The number of hydrogen-bond donors (Lipinski definition) is 0. The van der Waals surface area contributed by atoms with Crippen molar-refractivity contribution in [3.05, 3.63) is 56.3 Å². The van der Waals surface area contributed by atoms with Crippen molar-refractivity contribution in [3.8, 4) is 0 Å². The van der Waals surface area contributed by atoms with Gasteiger partial charge in [0.05, 0.1) is 0 Å². The summed E-state index contributed by atoms with van der Waals surface area (Å²) in [6.45, 7) is 8.07. The second kappa shape index (κ2) is 8.77. The molecule has 1 aromatic carbocycles. The van der Waals surface area contributed by atoms with Gasteiger partial charge < -0.3 is 0 Å². The van der Waals surface area contributed by atoms with Crippen LogP contribution in [0, 0.1) is 13.8 Å². The monoisotopic (exact) mass is 354 g/mol. The molecule has 0 aliphatic carbocycles. The van der Waals surface area contributed by atoms with Gasteiger partial charge in [0.2, 0.25) is 0 Å². The molecule has 0 saturated carbocycles. The van der Waals surface area contributed by atoms with Gasteiger partial charge in [-0.2, -0.15) is 0 Å². The van der Waals surface area contributed by atoms with Crippen molar-refractivity contribution >= 4 is 17.6 Å². The highest BCUT2D eigenvalue weighted by atomic mass is 32.1. The Morgan fingerprint density at radius 2 is 1.88 bits per heavy atom. The normalized spacial score (nSPS) is 15.0. The van der Waals surface area contributed by atoms with Crippen LogP contribution in [-0.2, 0) is 19.4 Å². The van der Waals surface area contributed by atoms with Crippen LogP contribution in [0.1, 0.15) is 51.3 Å². The summed E-state index contributed by atoms with van der Waals surface area (Å²) in [6, 6.07) is 9.25. The van der Waals surface area contributed by atoms with Gasteiger partial charge in [0.25, 0.3) is 0 Å². The lowest BCUT2D eigenvalue weighted by atomic mass is 9.94. The largest absolute Gasteiger partial charge is 0.299 e. The van der Waals surface area contributed by atoms with Gasteiger partial charge >= 0.3 is 0 Å². The van der Waals surface area contributed by atoms with Crippen molar-refractivity contribution in [1.29, 1.82) is 0 Å². The topological polar surface area (TPSA) is 15.6 Å². The second-order valence-electron chi connectivity index (χ2n) is 7.23. The zero-order valence-corrected chi connectivity index (χ0v) is 16.7. The maximum absolute atomic E-state index is 4.09. The highest BCUT2D eigenvalue weighted by Gasteiger charge is 2.16. The number of aliphatic imine (C=N–C) groups is 1. The van der Waals surface area contributed by atoms with E-state index in [1.165, 1.54) is 66.1 Å². The molecule has 2 heterocycles. The lowest BCUT2D eigenvalue weighted by molar-refractivity contribution is 0.248. The van der Waals surface area contributed by atoms with E-state index in [2.05, 4.69) is 48.0 Å². The van der Waals surface area contributed by atoms with Crippen LogP contribution in [0.15, 0.2) is 29.3 Å². The number of hydrogen-bond acceptors (Lipinski definition) is 3. The number of rotatable bonds is 7. The molecule has 2 aromatic rings. The first-order valence-electron chi connectivity index (χ1n) is 9.48. The second-order valence-corrected chi connectivity index (χ2v) is 8.43. The summed E-state index contributed by atoms with van der Waals surface area (Å²) in [7, 11) is 1.83.